The van der Waals surface area contributed by atoms with Gasteiger partial charge in [-0.2, -0.15) is 0 Å². The van der Waals surface area contributed by atoms with E-state index in [2.05, 4.69) is 0 Å². The van der Waals surface area contributed by atoms with Crippen molar-refractivity contribution in [3.8, 4) is 11.5 Å². The normalized spacial score (nSPS) is 15.7. The quantitative estimate of drug-likeness (QED) is 0.404. The summed E-state index contributed by atoms with van der Waals surface area (Å²) in [5.74, 6) is 1.21. The Hall–Kier alpha value is -1.96. The van der Waals surface area contributed by atoms with Crippen molar-refractivity contribution < 1.29 is 14.3 Å². The lowest BCUT2D eigenvalue weighted by Crippen LogP contribution is -2.27. The standard InChI is InChI=1S/C19H17NO3S3/c1-22-14-7-12(8-15(11-14)23-2)9-17-18(21)20(19(24)26-17)13-5-4-6-16(10-13)25-3/h4-11H,1-3H3/b17-9+. The molecule has 1 aliphatic heterocycles. The Morgan fingerprint density at radius 2 is 1.81 bits per heavy atom. The summed E-state index contributed by atoms with van der Waals surface area (Å²) in [5, 5.41) is 0. The van der Waals surface area contributed by atoms with Gasteiger partial charge in [0.05, 0.1) is 24.8 Å². The second-order valence-electron chi connectivity index (χ2n) is 5.36. The van der Waals surface area contributed by atoms with Crippen LogP contribution >= 0.6 is 35.7 Å². The fraction of sp³-hybridized carbons (Fsp3) is 0.158. The molecular formula is C19H17NO3S3. The number of nitrogens with zero attached hydrogens (tertiary/aromatic N) is 1. The fourth-order valence-corrected chi connectivity index (χ4v) is 4.26. The van der Waals surface area contributed by atoms with Gasteiger partial charge in [-0.15, -0.1) is 11.8 Å². The van der Waals surface area contributed by atoms with Gasteiger partial charge in [-0.3, -0.25) is 9.69 Å². The van der Waals surface area contributed by atoms with E-state index in [9.17, 15) is 4.79 Å². The molecule has 4 nitrogen and oxygen atoms in total. The Bertz CT molecular complexity index is 873. The number of methoxy groups -OCH3 is 2. The average Bonchev–Trinajstić information content (AvgIpc) is 2.94. The topological polar surface area (TPSA) is 38.8 Å². The molecule has 1 amide bonds. The number of carbonyl (C=O) groups is 1. The average molecular weight is 404 g/mol. The predicted molar refractivity (Wildman–Crippen MR) is 113 cm³/mol. The lowest BCUT2D eigenvalue weighted by Gasteiger charge is -2.15. The minimum Gasteiger partial charge on any atom is -0.497 e. The van der Waals surface area contributed by atoms with Gasteiger partial charge in [-0.05, 0) is 48.2 Å². The summed E-state index contributed by atoms with van der Waals surface area (Å²) in [4.78, 5) is 16.1. The van der Waals surface area contributed by atoms with Gasteiger partial charge in [-0.1, -0.05) is 30.0 Å². The first-order valence-corrected chi connectivity index (χ1v) is 10.2. The summed E-state index contributed by atoms with van der Waals surface area (Å²) in [6, 6.07) is 13.3. The molecule has 2 aromatic carbocycles. The molecule has 7 heteroatoms. The van der Waals surface area contributed by atoms with E-state index in [0.717, 1.165) is 16.1 Å². The third-order valence-corrected chi connectivity index (χ3v) is 5.80. The second-order valence-corrected chi connectivity index (χ2v) is 7.92. The predicted octanol–water partition coefficient (Wildman–Crippen LogP) is 4.83. The van der Waals surface area contributed by atoms with E-state index in [1.165, 1.54) is 11.8 Å². The van der Waals surface area contributed by atoms with Crippen LogP contribution in [0, 0.1) is 0 Å². The molecule has 2 aromatic rings. The SMILES string of the molecule is COc1cc(/C=C2/SC(=S)N(c3cccc(SC)c3)C2=O)cc(OC)c1. The molecule has 0 unspecified atom stereocenters. The van der Waals surface area contributed by atoms with Crippen LogP contribution in [0.3, 0.4) is 0 Å². The molecule has 1 fully saturated rings. The van der Waals surface area contributed by atoms with Crippen molar-refractivity contribution in [2.24, 2.45) is 0 Å². The van der Waals surface area contributed by atoms with E-state index in [1.54, 1.807) is 36.9 Å². The van der Waals surface area contributed by atoms with E-state index in [4.69, 9.17) is 21.7 Å². The van der Waals surface area contributed by atoms with Crippen LogP contribution in [-0.2, 0) is 4.79 Å². The number of thiocarbonyl (C=S) groups is 1. The van der Waals surface area contributed by atoms with Crippen molar-refractivity contribution >= 4 is 57.7 Å². The summed E-state index contributed by atoms with van der Waals surface area (Å²) in [5.41, 5.74) is 1.60. The zero-order valence-electron chi connectivity index (χ0n) is 14.5. The molecule has 0 aromatic heterocycles. The van der Waals surface area contributed by atoms with Gasteiger partial charge in [0.15, 0.2) is 4.32 Å². The third-order valence-electron chi connectivity index (χ3n) is 3.78. The van der Waals surface area contributed by atoms with Crippen LogP contribution in [0.15, 0.2) is 52.3 Å². The number of benzene rings is 2. The van der Waals surface area contributed by atoms with Gasteiger partial charge in [0.1, 0.15) is 11.5 Å². The third kappa shape index (κ3) is 3.90. The molecule has 0 spiro atoms. The number of anilines is 1. The number of rotatable bonds is 5. The summed E-state index contributed by atoms with van der Waals surface area (Å²) >= 11 is 8.36. The highest BCUT2D eigenvalue weighted by molar-refractivity contribution is 8.27. The molecule has 0 bridgehead atoms. The van der Waals surface area contributed by atoms with E-state index < -0.39 is 0 Å². The molecule has 0 saturated carbocycles. The molecule has 0 radical (unpaired) electrons. The van der Waals surface area contributed by atoms with Gasteiger partial charge in [0.2, 0.25) is 0 Å². The monoisotopic (exact) mass is 403 g/mol. The molecule has 3 rings (SSSR count). The van der Waals surface area contributed by atoms with Crippen LogP contribution in [0.4, 0.5) is 5.69 Å². The summed E-state index contributed by atoms with van der Waals surface area (Å²) in [7, 11) is 3.19. The zero-order valence-corrected chi connectivity index (χ0v) is 17.0. The Kier molecular flexibility index (Phi) is 5.90. The largest absolute Gasteiger partial charge is 0.497 e. The molecule has 0 aliphatic carbocycles. The van der Waals surface area contributed by atoms with Crippen LogP contribution in [-0.4, -0.2) is 30.7 Å². The molecule has 1 aliphatic rings. The number of carbonyl (C=O) groups excluding carboxylic acids is 1. The maximum Gasteiger partial charge on any atom is 0.270 e. The van der Waals surface area contributed by atoms with Crippen molar-refractivity contribution in [1.29, 1.82) is 0 Å². The first kappa shape index (κ1) is 18.8. The lowest BCUT2D eigenvalue weighted by atomic mass is 10.2. The van der Waals surface area contributed by atoms with Crippen LogP contribution in [0.5, 0.6) is 11.5 Å². The maximum absolute atomic E-state index is 12.9. The number of ether oxygens (including phenoxy) is 2. The molecule has 0 N–H and O–H groups in total. The number of hydrogen-bond donors (Lipinski definition) is 0. The van der Waals surface area contributed by atoms with Crippen molar-refractivity contribution in [3.63, 3.8) is 0 Å². The number of hydrogen-bond acceptors (Lipinski definition) is 6. The number of amides is 1. The molecular weight excluding hydrogens is 386 g/mol. The van der Waals surface area contributed by atoms with Crippen molar-refractivity contribution in [1.82, 2.24) is 0 Å². The number of thioether (sulfide) groups is 2. The molecule has 26 heavy (non-hydrogen) atoms. The van der Waals surface area contributed by atoms with Crippen LogP contribution in [0.2, 0.25) is 0 Å². The smallest absolute Gasteiger partial charge is 0.270 e. The summed E-state index contributed by atoms with van der Waals surface area (Å²) in [6.45, 7) is 0. The summed E-state index contributed by atoms with van der Waals surface area (Å²) < 4.78 is 11.1. The van der Waals surface area contributed by atoms with Crippen molar-refractivity contribution in [2.75, 3.05) is 25.4 Å². The van der Waals surface area contributed by atoms with Crippen molar-refractivity contribution in [2.45, 2.75) is 4.90 Å². The van der Waals surface area contributed by atoms with Gasteiger partial charge >= 0.3 is 0 Å². The van der Waals surface area contributed by atoms with Gasteiger partial charge < -0.3 is 9.47 Å². The fourth-order valence-electron chi connectivity index (χ4n) is 2.50. The first-order chi connectivity index (χ1) is 12.5. The maximum atomic E-state index is 12.9. The highest BCUT2D eigenvalue weighted by atomic mass is 32.2. The Labute approximate surface area is 166 Å². The van der Waals surface area contributed by atoms with Crippen LogP contribution < -0.4 is 14.4 Å². The van der Waals surface area contributed by atoms with Gasteiger partial charge in [0, 0.05) is 11.0 Å². The van der Waals surface area contributed by atoms with Crippen molar-refractivity contribution in [3.05, 3.63) is 52.9 Å². The minimum atomic E-state index is -0.125. The van der Waals surface area contributed by atoms with E-state index in [-0.39, 0.29) is 5.91 Å². The Morgan fingerprint density at radius 3 is 2.42 bits per heavy atom. The highest BCUT2D eigenvalue weighted by Gasteiger charge is 2.33. The first-order valence-electron chi connectivity index (χ1n) is 7.71. The van der Waals surface area contributed by atoms with Gasteiger partial charge in [-0.25, -0.2) is 0 Å². The van der Waals surface area contributed by atoms with Crippen LogP contribution in [0.1, 0.15) is 5.56 Å². The van der Waals surface area contributed by atoms with Gasteiger partial charge in [0.25, 0.3) is 5.91 Å². The van der Waals surface area contributed by atoms with E-state index in [1.807, 2.05) is 48.7 Å². The highest BCUT2D eigenvalue weighted by Crippen LogP contribution is 2.37. The molecule has 1 saturated heterocycles. The van der Waals surface area contributed by atoms with E-state index in [0.29, 0.717) is 20.7 Å². The Morgan fingerprint density at radius 1 is 1.12 bits per heavy atom. The second kappa shape index (κ2) is 8.16. The molecule has 0 atom stereocenters. The van der Waals surface area contributed by atoms with E-state index >= 15 is 0 Å². The minimum absolute atomic E-state index is 0.125. The molecule has 134 valence electrons. The summed E-state index contributed by atoms with van der Waals surface area (Å²) in [6.07, 6.45) is 3.81. The lowest BCUT2D eigenvalue weighted by molar-refractivity contribution is -0.113. The zero-order chi connectivity index (χ0) is 18.7. The molecule has 1 heterocycles. The van der Waals surface area contributed by atoms with Crippen LogP contribution in [0.25, 0.3) is 6.08 Å². The Balaban J connectivity index is 1.94.